The van der Waals surface area contributed by atoms with Gasteiger partial charge in [0, 0.05) is 25.3 Å². The lowest BCUT2D eigenvalue weighted by Gasteiger charge is -2.30. The summed E-state index contributed by atoms with van der Waals surface area (Å²) in [6.45, 7) is 4.38. The highest BCUT2D eigenvalue weighted by molar-refractivity contribution is 5.99. The number of nitrogens with zero attached hydrogens (tertiary/aromatic N) is 3. The second kappa shape index (κ2) is 8.25. The fourth-order valence-corrected chi connectivity index (χ4v) is 3.65. The lowest BCUT2D eigenvalue weighted by atomic mass is 10.1. The monoisotopic (exact) mass is 376 g/mol. The lowest BCUT2D eigenvalue weighted by Crippen LogP contribution is -2.31. The highest BCUT2D eigenvalue weighted by Gasteiger charge is 2.18. The predicted molar refractivity (Wildman–Crippen MR) is 108 cm³/mol. The van der Waals surface area contributed by atoms with Gasteiger partial charge in [-0.2, -0.15) is 4.98 Å². The van der Waals surface area contributed by atoms with Crippen molar-refractivity contribution in [3.8, 4) is 11.5 Å². The fraction of sp³-hybridized carbons (Fsp3) is 0.318. The van der Waals surface area contributed by atoms with Crippen LogP contribution < -0.4 is 10.2 Å². The van der Waals surface area contributed by atoms with Crippen LogP contribution in [0.25, 0.3) is 11.5 Å². The molecular formula is C22H24N4O2. The first-order valence-electron chi connectivity index (χ1n) is 9.73. The van der Waals surface area contributed by atoms with Crippen molar-refractivity contribution in [3.05, 3.63) is 65.5 Å². The van der Waals surface area contributed by atoms with Gasteiger partial charge in [-0.1, -0.05) is 35.5 Å². The average Bonchev–Trinajstić information content (AvgIpc) is 3.19. The number of amides is 1. The molecule has 1 fully saturated rings. The lowest BCUT2D eigenvalue weighted by molar-refractivity contribution is 0.0951. The molecule has 1 saturated heterocycles. The zero-order valence-electron chi connectivity index (χ0n) is 16.0. The molecule has 4 rings (SSSR count). The van der Waals surface area contributed by atoms with Gasteiger partial charge in [-0.15, -0.1) is 0 Å². The standard InChI is InChI=1S/C22H24N4O2/c1-16-24-22(28-25-16)19-11-5-4-10-18(19)21(27)23-15-17-9-3-6-12-20(17)26-13-7-2-8-14-26/h3-6,9-12H,2,7-8,13-15H2,1H3,(H,23,27). The van der Waals surface area contributed by atoms with Gasteiger partial charge in [-0.05, 0) is 49.9 Å². The van der Waals surface area contributed by atoms with Crippen molar-refractivity contribution in [1.29, 1.82) is 0 Å². The minimum Gasteiger partial charge on any atom is -0.371 e. The number of hydrogen-bond acceptors (Lipinski definition) is 5. The van der Waals surface area contributed by atoms with E-state index in [1.807, 2.05) is 24.3 Å². The Kier molecular flexibility index (Phi) is 5.37. The first-order valence-corrected chi connectivity index (χ1v) is 9.73. The van der Waals surface area contributed by atoms with Crippen LogP contribution in [0.1, 0.15) is 41.0 Å². The van der Waals surface area contributed by atoms with Gasteiger partial charge in [0.2, 0.25) is 0 Å². The second-order valence-corrected chi connectivity index (χ2v) is 7.05. The van der Waals surface area contributed by atoms with Gasteiger partial charge < -0.3 is 14.7 Å². The van der Waals surface area contributed by atoms with E-state index in [1.165, 1.54) is 24.9 Å². The zero-order chi connectivity index (χ0) is 19.3. The van der Waals surface area contributed by atoms with Crippen LogP contribution in [0.15, 0.2) is 53.1 Å². The van der Waals surface area contributed by atoms with Gasteiger partial charge >= 0.3 is 0 Å². The van der Waals surface area contributed by atoms with E-state index in [9.17, 15) is 4.79 Å². The summed E-state index contributed by atoms with van der Waals surface area (Å²) in [5.74, 6) is 0.748. The number of rotatable bonds is 5. The summed E-state index contributed by atoms with van der Waals surface area (Å²) in [6, 6.07) is 15.6. The topological polar surface area (TPSA) is 71.3 Å². The molecule has 0 bridgehead atoms. The number of aromatic nitrogens is 2. The van der Waals surface area contributed by atoms with Crippen LogP contribution in [0, 0.1) is 6.92 Å². The second-order valence-electron chi connectivity index (χ2n) is 7.05. The minimum absolute atomic E-state index is 0.153. The van der Waals surface area contributed by atoms with Crippen molar-refractivity contribution >= 4 is 11.6 Å². The van der Waals surface area contributed by atoms with Crippen LogP contribution in [-0.4, -0.2) is 29.1 Å². The van der Waals surface area contributed by atoms with Gasteiger partial charge in [0.15, 0.2) is 5.82 Å². The molecule has 1 aliphatic rings. The Morgan fingerprint density at radius 2 is 1.82 bits per heavy atom. The number of carbonyl (C=O) groups is 1. The van der Waals surface area contributed by atoms with E-state index in [2.05, 4.69) is 38.6 Å². The molecule has 0 unspecified atom stereocenters. The number of anilines is 1. The molecule has 6 nitrogen and oxygen atoms in total. The Labute approximate surface area is 164 Å². The molecule has 0 saturated carbocycles. The normalized spacial score (nSPS) is 14.1. The first-order chi connectivity index (χ1) is 13.7. The molecule has 2 aromatic carbocycles. The summed E-state index contributed by atoms with van der Waals surface area (Å²) in [5, 5.41) is 6.88. The molecule has 3 aromatic rings. The minimum atomic E-state index is -0.153. The summed E-state index contributed by atoms with van der Waals surface area (Å²) < 4.78 is 5.25. The molecule has 0 aliphatic carbocycles. The number of nitrogens with one attached hydrogen (secondary N) is 1. The van der Waals surface area contributed by atoms with Gasteiger partial charge in [0.25, 0.3) is 11.8 Å². The van der Waals surface area contributed by atoms with Crippen molar-refractivity contribution in [3.63, 3.8) is 0 Å². The average molecular weight is 376 g/mol. The maximum absolute atomic E-state index is 12.9. The Bertz CT molecular complexity index is 960. The Balaban J connectivity index is 1.52. The van der Waals surface area contributed by atoms with Crippen LogP contribution in [0.4, 0.5) is 5.69 Å². The third kappa shape index (κ3) is 3.91. The van der Waals surface area contributed by atoms with Crippen molar-refractivity contribution in [2.75, 3.05) is 18.0 Å². The summed E-state index contributed by atoms with van der Waals surface area (Å²) in [7, 11) is 0. The maximum atomic E-state index is 12.9. The SMILES string of the molecule is Cc1noc(-c2ccccc2C(=O)NCc2ccccc2N2CCCCC2)n1. The number of benzene rings is 2. The molecule has 144 valence electrons. The van der Waals surface area contributed by atoms with Crippen molar-refractivity contribution in [1.82, 2.24) is 15.5 Å². The maximum Gasteiger partial charge on any atom is 0.258 e. The summed E-state index contributed by atoms with van der Waals surface area (Å²) >= 11 is 0. The third-order valence-corrected chi connectivity index (χ3v) is 5.06. The van der Waals surface area contributed by atoms with Crippen LogP contribution in [0.5, 0.6) is 0 Å². The van der Waals surface area contributed by atoms with E-state index in [0.717, 1.165) is 18.7 Å². The molecule has 2 heterocycles. The van der Waals surface area contributed by atoms with E-state index < -0.39 is 0 Å². The Morgan fingerprint density at radius 3 is 2.61 bits per heavy atom. The first kappa shape index (κ1) is 18.2. The Hall–Kier alpha value is -3.15. The van der Waals surface area contributed by atoms with E-state index >= 15 is 0 Å². The van der Waals surface area contributed by atoms with Crippen molar-refractivity contribution < 1.29 is 9.32 Å². The molecule has 6 heteroatoms. The number of hydrogen-bond donors (Lipinski definition) is 1. The van der Waals surface area contributed by atoms with Gasteiger partial charge in [-0.3, -0.25) is 4.79 Å². The van der Waals surface area contributed by atoms with Crippen molar-refractivity contribution in [2.45, 2.75) is 32.7 Å². The smallest absolute Gasteiger partial charge is 0.258 e. The van der Waals surface area contributed by atoms with Crippen LogP contribution in [-0.2, 0) is 6.54 Å². The van der Waals surface area contributed by atoms with Gasteiger partial charge in [-0.25, -0.2) is 0 Å². The van der Waals surface area contributed by atoms with E-state index in [4.69, 9.17) is 4.52 Å². The molecule has 1 aromatic heterocycles. The largest absolute Gasteiger partial charge is 0.371 e. The van der Waals surface area contributed by atoms with E-state index in [1.54, 1.807) is 13.0 Å². The number of aryl methyl sites for hydroxylation is 1. The summed E-state index contributed by atoms with van der Waals surface area (Å²) in [6.07, 6.45) is 3.73. The Morgan fingerprint density at radius 1 is 1.07 bits per heavy atom. The zero-order valence-corrected chi connectivity index (χ0v) is 16.0. The van der Waals surface area contributed by atoms with E-state index in [-0.39, 0.29) is 5.91 Å². The highest BCUT2D eigenvalue weighted by atomic mass is 16.5. The van der Waals surface area contributed by atoms with Gasteiger partial charge in [0.1, 0.15) is 0 Å². The summed E-state index contributed by atoms with van der Waals surface area (Å²) in [4.78, 5) is 19.6. The number of piperidine rings is 1. The molecule has 28 heavy (non-hydrogen) atoms. The summed E-state index contributed by atoms with van der Waals surface area (Å²) in [5.41, 5.74) is 3.51. The van der Waals surface area contributed by atoms with Crippen molar-refractivity contribution in [2.24, 2.45) is 0 Å². The highest BCUT2D eigenvalue weighted by Crippen LogP contribution is 2.25. The quantitative estimate of drug-likeness (QED) is 0.730. The third-order valence-electron chi connectivity index (χ3n) is 5.06. The molecule has 1 amide bonds. The molecular weight excluding hydrogens is 352 g/mol. The molecule has 1 aliphatic heterocycles. The van der Waals surface area contributed by atoms with Gasteiger partial charge in [0.05, 0.1) is 11.1 Å². The molecule has 0 atom stereocenters. The number of carbonyl (C=O) groups excluding carboxylic acids is 1. The molecule has 1 N–H and O–H groups in total. The van der Waals surface area contributed by atoms with Crippen LogP contribution >= 0.6 is 0 Å². The number of para-hydroxylation sites is 1. The van der Waals surface area contributed by atoms with E-state index in [0.29, 0.717) is 29.4 Å². The van der Waals surface area contributed by atoms with Crippen LogP contribution in [0.2, 0.25) is 0 Å². The molecule has 0 radical (unpaired) electrons. The molecule has 0 spiro atoms. The predicted octanol–water partition coefficient (Wildman–Crippen LogP) is 3.97. The fourth-order valence-electron chi connectivity index (χ4n) is 3.65. The van der Waals surface area contributed by atoms with Crippen LogP contribution in [0.3, 0.4) is 0 Å².